The number of benzene rings is 2. The predicted molar refractivity (Wildman–Crippen MR) is 97.2 cm³/mol. The van der Waals surface area contributed by atoms with Gasteiger partial charge in [0.25, 0.3) is 0 Å². The molecular weight excluding hydrogens is 408 g/mol. The summed E-state index contributed by atoms with van der Waals surface area (Å²) in [5.74, 6) is 0. The number of halogens is 2. The number of ether oxygens (including phenoxy) is 1. The van der Waals surface area contributed by atoms with Crippen LogP contribution in [0.2, 0.25) is 0 Å². The van der Waals surface area contributed by atoms with Crippen LogP contribution in [0.1, 0.15) is 0 Å². The number of hydrogen-bond donors (Lipinski definition) is 0. The number of fused-ring (bicyclic) bond motifs is 3. The molecule has 1 aliphatic heterocycles. The Morgan fingerprint density at radius 1 is 0.864 bits per heavy atom. The SMILES string of the molecule is Brc1ccc2c(c1)c1cc(Br)ccc1n2CN1CCOCC1. The zero-order chi connectivity index (χ0) is 15.1. The number of rotatable bonds is 2. The van der Waals surface area contributed by atoms with Crippen LogP contribution in [0.5, 0.6) is 0 Å². The average Bonchev–Trinajstić information content (AvgIpc) is 2.81. The molecule has 0 unspecified atom stereocenters. The van der Waals surface area contributed by atoms with E-state index < -0.39 is 0 Å². The van der Waals surface area contributed by atoms with Crippen molar-refractivity contribution in [1.29, 1.82) is 0 Å². The summed E-state index contributed by atoms with van der Waals surface area (Å²) in [5.41, 5.74) is 2.56. The van der Waals surface area contributed by atoms with Crippen LogP contribution >= 0.6 is 31.9 Å². The maximum absolute atomic E-state index is 5.46. The van der Waals surface area contributed by atoms with Gasteiger partial charge < -0.3 is 9.30 Å². The van der Waals surface area contributed by atoms with E-state index in [4.69, 9.17) is 4.74 Å². The van der Waals surface area contributed by atoms with E-state index in [9.17, 15) is 0 Å². The van der Waals surface area contributed by atoms with E-state index >= 15 is 0 Å². The number of aromatic nitrogens is 1. The molecule has 3 nitrogen and oxygen atoms in total. The highest BCUT2D eigenvalue weighted by molar-refractivity contribution is 9.10. The molecule has 1 aliphatic rings. The van der Waals surface area contributed by atoms with Gasteiger partial charge in [-0.2, -0.15) is 0 Å². The molecule has 2 heterocycles. The zero-order valence-electron chi connectivity index (χ0n) is 12.1. The molecule has 0 spiro atoms. The molecule has 114 valence electrons. The van der Waals surface area contributed by atoms with Crippen molar-refractivity contribution in [2.75, 3.05) is 26.3 Å². The lowest BCUT2D eigenvalue weighted by atomic mass is 10.2. The summed E-state index contributed by atoms with van der Waals surface area (Å²) in [6, 6.07) is 13.1. The van der Waals surface area contributed by atoms with Gasteiger partial charge in [-0.3, -0.25) is 4.90 Å². The molecule has 1 fully saturated rings. The van der Waals surface area contributed by atoms with E-state index in [1.807, 2.05) is 0 Å². The van der Waals surface area contributed by atoms with Crippen molar-refractivity contribution in [2.45, 2.75) is 6.67 Å². The first-order chi connectivity index (χ1) is 10.7. The van der Waals surface area contributed by atoms with Gasteiger partial charge in [0.1, 0.15) is 0 Å². The molecule has 0 radical (unpaired) electrons. The molecule has 5 heteroatoms. The predicted octanol–water partition coefficient (Wildman–Crippen LogP) is 4.61. The van der Waals surface area contributed by atoms with Crippen LogP contribution in [0.25, 0.3) is 21.8 Å². The second-order valence-electron chi connectivity index (χ2n) is 5.62. The Bertz CT molecular complexity index is 778. The number of morpholine rings is 1. The summed E-state index contributed by atoms with van der Waals surface area (Å²) in [5, 5.41) is 2.58. The molecule has 0 saturated carbocycles. The van der Waals surface area contributed by atoms with Gasteiger partial charge in [-0.25, -0.2) is 0 Å². The highest BCUT2D eigenvalue weighted by Crippen LogP contribution is 2.33. The Hall–Kier alpha value is -0.880. The van der Waals surface area contributed by atoms with Gasteiger partial charge in [0, 0.05) is 32.8 Å². The summed E-state index contributed by atoms with van der Waals surface area (Å²) in [6.07, 6.45) is 0. The minimum Gasteiger partial charge on any atom is -0.379 e. The molecule has 2 aromatic carbocycles. The average molecular weight is 424 g/mol. The van der Waals surface area contributed by atoms with Crippen molar-refractivity contribution in [1.82, 2.24) is 9.47 Å². The topological polar surface area (TPSA) is 17.4 Å². The zero-order valence-corrected chi connectivity index (χ0v) is 15.2. The number of nitrogens with zero attached hydrogens (tertiary/aromatic N) is 2. The van der Waals surface area contributed by atoms with Gasteiger partial charge >= 0.3 is 0 Å². The Balaban J connectivity index is 1.90. The maximum atomic E-state index is 5.46. The molecule has 3 aromatic rings. The Morgan fingerprint density at radius 3 is 1.95 bits per heavy atom. The summed E-state index contributed by atoms with van der Waals surface area (Å²) in [7, 11) is 0. The van der Waals surface area contributed by atoms with Crippen molar-refractivity contribution >= 4 is 53.7 Å². The van der Waals surface area contributed by atoms with E-state index in [-0.39, 0.29) is 0 Å². The highest BCUT2D eigenvalue weighted by Gasteiger charge is 2.16. The first-order valence-corrected chi connectivity index (χ1v) is 8.98. The number of hydrogen-bond acceptors (Lipinski definition) is 2. The van der Waals surface area contributed by atoms with Gasteiger partial charge in [-0.05, 0) is 36.4 Å². The lowest BCUT2D eigenvalue weighted by molar-refractivity contribution is 0.0248. The molecule has 0 N–H and O–H groups in total. The standard InChI is InChI=1S/C17H16Br2N2O/c18-12-1-3-16-14(9-12)15-10-13(19)2-4-17(15)21(16)11-20-5-7-22-8-6-20/h1-4,9-10H,5-8,11H2. The van der Waals surface area contributed by atoms with E-state index in [1.54, 1.807) is 0 Å². The first kappa shape index (κ1) is 14.7. The highest BCUT2D eigenvalue weighted by atomic mass is 79.9. The quantitative estimate of drug-likeness (QED) is 0.598. The van der Waals surface area contributed by atoms with Crippen LogP contribution in [0.4, 0.5) is 0 Å². The third-order valence-corrected chi connectivity index (χ3v) is 5.22. The Morgan fingerprint density at radius 2 is 1.41 bits per heavy atom. The van der Waals surface area contributed by atoms with Crippen LogP contribution in [-0.2, 0) is 11.4 Å². The van der Waals surface area contributed by atoms with Gasteiger partial charge in [-0.1, -0.05) is 31.9 Å². The van der Waals surface area contributed by atoms with Crippen LogP contribution in [0, 0.1) is 0 Å². The van der Waals surface area contributed by atoms with Crippen molar-refractivity contribution in [2.24, 2.45) is 0 Å². The molecule has 0 bridgehead atoms. The lowest BCUT2D eigenvalue weighted by Gasteiger charge is -2.27. The normalized spacial score (nSPS) is 16.6. The molecule has 22 heavy (non-hydrogen) atoms. The molecule has 1 saturated heterocycles. The smallest absolute Gasteiger partial charge is 0.0758 e. The second kappa shape index (κ2) is 5.96. The third kappa shape index (κ3) is 2.60. The fourth-order valence-electron chi connectivity index (χ4n) is 3.14. The fourth-order valence-corrected chi connectivity index (χ4v) is 3.87. The van der Waals surface area contributed by atoms with Crippen molar-refractivity contribution < 1.29 is 4.74 Å². The third-order valence-electron chi connectivity index (χ3n) is 4.23. The van der Waals surface area contributed by atoms with Gasteiger partial charge in [0.15, 0.2) is 0 Å². The van der Waals surface area contributed by atoms with Crippen LogP contribution in [0.15, 0.2) is 45.3 Å². The minimum absolute atomic E-state index is 0.828. The van der Waals surface area contributed by atoms with Gasteiger partial charge in [0.2, 0.25) is 0 Å². The molecular formula is C17H16Br2N2O. The summed E-state index contributed by atoms with van der Waals surface area (Å²) in [6.45, 7) is 4.55. The van der Waals surface area contributed by atoms with Crippen molar-refractivity contribution in [3.63, 3.8) is 0 Å². The van der Waals surface area contributed by atoms with E-state index in [1.165, 1.54) is 21.8 Å². The van der Waals surface area contributed by atoms with Crippen molar-refractivity contribution in [3.05, 3.63) is 45.3 Å². The maximum Gasteiger partial charge on any atom is 0.0758 e. The van der Waals surface area contributed by atoms with E-state index in [0.717, 1.165) is 41.9 Å². The molecule has 0 atom stereocenters. The molecule has 0 amide bonds. The van der Waals surface area contributed by atoms with E-state index in [2.05, 4.69) is 77.7 Å². The van der Waals surface area contributed by atoms with Gasteiger partial charge in [-0.15, -0.1) is 0 Å². The Labute approximate surface area is 146 Å². The Kier molecular flexibility index (Phi) is 3.98. The van der Waals surface area contributed by atoms with Gasteiger partial charge in [0.05, 0.1) is 30.9 Å². The lowest BCUT2D eigenvalue weighted by Crippen LogP contribution is -2.37. The van der Waals surface area contributed by atoms with E-state index in [0.29, 0.717) is 0 Å². The first-order valence-electron chi connectivity index (χ1n) is 7.39. The molecule has 0 aliphatic carbocycles. The molecule has 4 rings (SSSR count). The molecule has 1 aromatic heterocycles. The second-order valence-corrected chi connectivity index (χ2v) is 7.45. The largest absolute Gasteiger partial charge is 0.379 e. The minimum atomic E-state index is 0.828. The van der Waals surface area contributed by atoms with Crippen molar-refractivity contribution in [3.8, 4) is 0 Å². The fraction of sp³-hybridized carbons (Fsp3) is 0.294. The summed E-state index contributed by atoms with van der Waals surface area (Å²) >= 11 is 7.19. The summed E-state index contributed by atoms with van der Waals surface area (Å²) < 4.78 is 10.1. The van der Waals surface area contributed by atoms with Crippen LogP contribution < -0.4 is 0 Å². The summed E-state index contributed by atoms with van der Waals surface area (Å²) in [4.78, 5) is 2.45. The monoisotopic (exact) mass is 422 g/mol. The van der Waals surface area contributed by atoms with Crippen LogP contribution in [-0.4, -0.2) is 35.8 Å². The van der Waals surface area contributed by atoms with Crippen LogP contribution in [0.3, 0.4) is 0 Å².